The van der Waals surface area contributed by atoms with E-state index in [1.165, 1.54) is 24.8 Å². The number of allylic oxidation sites excluding steroid dienone is 1. The van der Waals surface area contributed by atoms with Crippen molar-refractivity contribution in [2.45, 2.75) is 69.7 Å². The third-order valence-electron chi connectivity index (χ3n) is 9.65. The lowest BCUT2D eigenvalue weighted by Crippen LogP contribution is -2.59. The summed E-state index contributed by atoms with van der Waals surface area (Å²) in [6, 6.07) is 13.5. The molecule has 0 spiro atoms. The number of hydrogen-bond acceptors (Lipinski definition) is 3. The van der Waals surface area contributed by atoms with E-state index >= 15 is 0 Å². The lowest BCUT2D eigenvalue weighted by molar-refractivity contribution is -0.120. The molecule has 5 saturated carbocycles. The molecule has 5 aliphatic carbocycles. The van der Waals surface area contributed by atoms with Crippen LogP contribution >= 0.6 is 0 Å². The van der Waals surface area contributed by atoms with Gasteiger partial charge in [-0.15, -0.1) is 0 Å². The highest BCUT2D eigenvalue weighted by atomic mass is 16.2. The summed E-state index contributed by atoms with van der Waals surface area (Å²) in [5.41, 5.74) is 5.39. The van der Waals surface area contributed by atoms with Gasteiger partial charge in [0, 0.05) is 28.3 Å². The van der Waals surface area contributed by atoms with Crippen LogP contribution in [0.15, 0.2) is 54.6 Å². The predicted octanol–water partition coefficient (Wildman–Crippen LogP) is 6.61. The van der Waals surface area contributed by atoms with Crippen molar-refractivity contribution in [3.8, 4) is 11.4 Å². The number of H-pyrrole nitrogens is 1. The quantitative estimate of drug-likeness (QED) is 0.339. The number of aromatic amines is 1. The number of aromatic nitrogens is 2. The number of imidazole rings is 1. The third-order valence-corrected chi connectivity index (χ3v) is 9.65. The fraction of sp³-hybridized carbons (Fsp3) is 0.469. The molecule has 5 aliphatic rings. The molecule has 1 heterocycles. The predicted molar refractivity (Wildman–Crippen MR) is 150 cm³/mol. The van der Waals surface area contributed by atoms with E-state index in [4.69, 9.17) is 4.98 Å². The number of amides is 2. The van der Waals surface area contributed by atoms with Crippen LogP contribution in [0.4, 0.5) is 5.69 Å². The maximum atomic E-state index is 13.2. The third kappa shape index (κ3) is 4.44. The highest BCUT2D eigenvalue weighted by Gasteiger charge is 2.51. The summed E-state index contributed by atoms with van der Waals surface area (Å²) in [5, 5.41) is 6.55. The molecule has 2 amide bonds. The van der Waals surface area contributed by atoms with E-state index in [2.05, 4.69) is 22.2 Å². The summed E-state index contributed by atoms with van der Waals surface area (Å²) in [6.45, 7) is 4.04. The van der Waals surface area contributed by atoms with Crippen molar-refractivity contribution >= 4 is 28.5 Å². The summed E-state index contributed by atoms with van der Waals surface area (Å²) in [6.07, 6.45) is 11.2. The molecular formula is C32H36N4O2. The van der Waals surface area contributed by atoms with E-state index in [0.717, 1.165) is 90.8 Å². The van der Waals surface area contributed by atoms with Crippen molar-refractivity contribution in [3.05, 3.63) is 60.2 Å². The van der Waals surface area contributed by atoms with Gasteiger partial charge in [-0.1, -0.05) is 24.3 Å². The molecule has 4 bridgehead atoms. The molecule has 0 aliphatic heterocycles. The number of hydrogen-bond donors (Lipinski definition) is 3. The Kier molecular flexibility index (Phi) is 5.68. The number of fused-ring (bicyclic) bond motifs is 1. The average Bonchev–Trinajstić information content (AvgIpc) is 3.31. The van der Waals surface area contributed by atoms with Gasteiger partial charge in [0.25, 0.3) is 5.91 Å². The average molecular weight is 509 g/mol. The van der Waals surface area contributed by atoms with E-state index in [-0.39, 0.29) is 23.3 Å². The van der Waals surface area contributed by atoms with Crippen LogP contribution in [0.5, 0.6) is 0 Å². The van der Waals surface area contributed by atoms with Gasteiger partial charge < -0.3 is 15.6 Å². The molecule has 196 valence electrons. The van der Waals surface area contributed by atoms with Gasteiger partial charge >= 0.3 is 0 Å². The first-order valence-corrected chi connectivity index (χ1v) is 14.3. The number of benzene rings is 2. The van der Waals surface area contributed by atoms with E-state index in [1.54, 1.807) is 0 Å². The minimum atomic E-state index is 0.0158. The molecule has 1 aromatic heterocycles. The minimum absolute atomic E-state index is 0.0158. The first-order valence-electron chi connectivity index (χ1n) is 14.3. The molecule has 3 aromatic rings. The largest absolute Gasteiger partial charge is 0.347 e. The molecule has 2 aromatic carbocycles. The zero-order valence-electron chi connectivity index (χ0n) is 21.9. The van der Waals surface area contributed by atoms with Gasteiger partial charge in [0.2, 0.25) is 5.91 Å². The number of anilines is 1. The van der Waals surface area contributed by atoms with Crippen LogP contribution in [-0.2, 0) is 4.79 Å². The van der Waals surface area contributed by atoms with Crippen LogP contribution in [0.3, 0.4) is 0 Å². The zero-order chi connectivity index (χ0) is 25.9. The Morgan fingerprint density at radius 2 is 1.58 bits per heavy atom. The van der Waals surface area contributed by atoms with Crippen molar-refractivity contribution < 1.29 is 9.59 Å². The van der Waals surface area contributed by atoms with E-state index in [1.807, 2.05) is 42.5 Å². The van der Waals surface area contributed by atoms with Gasteiger partial charge in [-0.05, 0) is 112 Å². The van der Waals surface area contributed by atoms with Crippen LogP contribution in [0.1, 0.15) is 74.6 Å². The highest BCUT2D eigenvalue weighted by Crippen LogP contribution is 2.55. The monoisotopic (exact) mass is 508 g/mol. The van der Waals surface area contributed by atoms with Gasteiger partial charge in [-0.3, -0.25) is 9.59 Å². The van der Waals surface area contributed by atoms with Crippen LogP contribution in [0, 0.1) is 23.7 Å². The second kappa shape index (κ2) is 9.11. The van der Waals surface area contributed by atoms with Crippen molar-refractivity contribution in [2.24, 2.45) is 23.7 Å². The Labute approximate surface area is 223 Å². The molecule has 5 fully saturated rings. The SMILES string of the molecule is C=C1CCC(C(=O)Nc2ccc3nc(-c4ccc(C(=O)NC56CC7CC(CC(C7)C5)C6)cc4)[nH]c3c2)CC1. The molecule has 8 rings (SSSR count). The van der Waals surface area contributed by atoms with Gasteiger partial charge in [0.1, 0.15) is 5.82 Å². The van der Waals surface area contributed by atoms with E-state index in [0.29, 0.717) is 5.56 Å². The van der Waals surface area contributed by atoms with Crippen molar-refractivity contribution in [1.82, 2.24) is 15.3 Å². The first-order chi connectivity index (χ1) is 18.4. The van der Waals surface area contributed by atoms with Gasteiger partial charge in [0.15, 0.2) is 0 Å². The normalized spacial score (nSPS) is 28.5. The van der Waals surface area contributed by atoms with Crippen molar-refractivity contribution in [1.29, 1.82) is 0 Å². The first kappa shape index (κ1) is 23.7. The molecular weight excluding hydrogens is 472 g/mol. The molecule has 0 unspecified atom stereocenters. The zero-order valence-corrected chi connectivity index (χ0v) is 21.9. The van der Waals surface area contributed by atoms with Crippen molar-refractivity contribution in [2.75, 3.05) is 5.32 Å². The number of nitrogens with one attached hydrogen (secondary N) is 3. The number of carbonyl (C=O) groups excluding carboxylic acids is 2. The standard InChI is InChI=1S/C32H36N4O2/c1-19-2-4-24(5-3-19)30(37)33-26-10-11-27-28(15-26)35-29(34-27)23-6-8-25(9-7-23)31(38)36-32-16-20-12-21(17-32)14-22(13-20)18-32/h6-11,15,20-22,24H,1-5,12-14,16-18H2,(H,33,37)(H,34,35)(H,36,38). The molecule has 38 heavy (non-hydrogen) atoms. The van der Waals surface area contributed by atoms with Crippen LogP contribution in [0.2, 0.25) is 0 Å². The maximum Gasteiger partial charge on any atom is 0.251 e. The topological polar surface area (TPSA) is 86.9 Å². The van der Waals surface area contributed by atoms with E-state index in [9.17, 15) is 9.59 Å². The Morgan fingerprint density at radius 1 is 0.921 bits per heavy atom. The van der Waals surface area contributed by atoms with Gasteiger partial charge in [0.05, 0.1) is 11.0 Å². The lowest BCUT2D eigenvalue weighted by Gasteiger charge is -2.56. The Balaban J connectivity index is 1.03. The van der Waals surface area contributed by atoms with Crippen LogP contribution < -0.4 is 10.6 Å². The van der Waals surface area contributed by atoms with Crippen molar-refractivity contribution in [3.63, 3.8) is 0 Å². The van der Waals surface area contributed by atoms with Crippen LogP contribution in [-0.4, -0.2) is 27.3 Å². The molecule has 3 N–H and O–H groups in total. The highest BCUT2D eigenvalue weighted by molar-refractivity contribution is 5.96. The fourth-order valence-electron chi connectivity index (χ4n) is 8.11. The molecule has 0 atom stereocenters. The van der Waals surface area contributed by atoms with Gasteiger partial charge in [-0.2, -0.15) is 0 Å². The maximum absolute atomic E-state index is 13.2. The minimum Gasteiger partial charge on any atom is -0.347 e. The fourth-order valence-corrected chi connectivity index (χ4v) is 8.11. The molecule has 6 heteroatoms. The van der Waals surface area contributed by atoms with E-state index < -0.39 is 0 Å². The summed E-state index contributed by atoms with van der Waals surface area (Å²) in [4.78, 5) is 34.1. The molecule has 0 radical (unpaired) electrons. The van der Waals surface area contributed by atoms with Gasteiger partial charge in [-0.25, -0.2) is 4.98 Å². The Bertz CT molecular complexity index is 1370. The lowest BCUT2D eigenvalue weighted by atomic mass is 9.53. The Hall–Kier alpha value is -3.41. The van der Waals surface area contributed by atoms with Crippen LogP contribution in [0.25, 0.3) is 22.4 Å². The Morgan fingerprint density at radius 3 is 2.24 bits per heavy atom. The molecule has 0 saturated heterocycles. The smallest absolute Gasteiger partial charge is 0.251 e. The number of nitrogens with zero attached hydrogens (tertiary/aromatic N) is 1. The number of carbonyl (C=O) groups is 2. The number of rotatable bonds is 5. The molecule has 6 nitrogen and oxygen atoms in total. The summed E-state index contributed by atoms with van der Waals surface area (Å²) >= 11 is 0. The summed E-state index contributed by atoms with van der Waals surface area (Å²) in [7, 11) is 0. The summed E-state index contributed by atoms with van der Waals surface area (Å²) < 4.78 is 0. The summed E-state index contributed by atoms with van der Waals surface area (Å²) in [5.74, 6) is 3.34. The second-order valence-corrected chi connectivity index (χ2v) is 12.6. The second-order valence-electron chi connectivity index (χ2n) is 12.6.